The van der Waals surface area contributed by atoms with Crippen LogP contribution in [0.15, 0.2) is 24.3 Å². The first-order chi connectivity index (χ1) is 7.81. The fourth-order valence-electron chi connectivity index (χ4n) is 1.29. The number of nitrogens with one attached hydrogen (secondary N) is 1. The molecule has 1 heterocycles. The van der Waals surface area contributed by atoms with Gasteiger partial charge < -0.3 is 5.32 Å². The van der Waals surface area contributed by atoms with Gasteiger partial charge in [0.15, 0.2) is 5.01 Å². The summed E-state index contributed by atoms with van der Waals surface area (Å²) in [6, 6.07) is 7.68. The highest BCUT2D eigenvalue weighted by Crippen LogP contribution is 2.21. The second-order valence-corrected chi connectivity index (χ2v) is 4.23. The van der Waals surface area contributed by atoms with Crippen molar-refractivity contribution in [3.05, 3.63) is 29.3 Å². The highest BCUT2D eigenvalue weighted by Gasteiger charge is 2.10. The minimum Gasteiger partial charge on any atom is -0.349 e. The topological polar surface area (TPSA) is 42.0 Å². The van der Waals surface area contributed by atoms with E-state index in [2.05, 4.69) is 16.2 Å². The van der Waals surface area contributed by atoms with Crippen molar-refractivity contribution in [2.75, 3.05) is 6.54 Å². The van der Waals surface area contributed by atoms with Gasteiger partial charge in [-0.15, -0.1) is 23.7 Å². The lowest BCUT2D eigenvalue weighted by Crippen LogP contribution is -2.23. The fraction of sp³-hybridized carbons (Fsp3) is 0.167. The van der Waals surface area contributed by atoms with Crippen molar-refractivity contribution in [3.8, 4) is 12.3 Å². The van der Waals surface area contributed by atoms with Crippen molar-refractivity contribution >= 4 is 27.5 Å². The second-order valence-electron chi connectivity index (χ2n) is 3.20. The van der Waals surface area contributed by atoms with Crippen LogP contribution in [0.5, 0.6) is 0 Å². The zero-order chi connectivity index (χ0) is 11.4. The molecule has 4 heteroatoms. The number of fused-ring (bicyclic) bond motifs is 1. The number of aromatic nitrogens is 1. The summed E-state index contributed by atoms with van der Waals surface area (Å²) < 4.78 is 1.02. The van der Waals surface area contributed by atoms with E-state index in [1.807, 2.05) is 24.3 Å². The molecule has 1 aromatic heterocycles. The third-order valence-electron chi connectivity index (χ3n) is 2.04. The van der Waals surface area contributed by atoms with E-state index in [4.69, 9.17) is 6.42 Å². The van der Waals surface area contributed by atoms with Gasteiger partial charge >= 0.3 is 0 Å². The molecule has 1 N–H and O–H groups in total. The van der Waals surface area contributed by atoms with Crippen LogP contribution in [-0.2, 0) is 0 Å². The summed E-state index contributed by atoms with van der Waals surface area (Å²) >= 11 is 1.39. The van der Waals surface area contributed by atoms with Gasteiger partial charge in [-0.2, -0.15) is 0 Å². The van der Waals surface area contributed by atoms with E-state index in [1.54, 1.807) is 0 Å². The molecule has 0 aliphatic carbocycles. The van der Waals surface area contributed by atoms with Gasteiger partial charge in [0.1, 0.15) is 0 Å². The van der Waals surface area contributed by atoms with E-state index < -0.39 is 0 Å². The molecule has 80 valence electrons. The van der Waals surface area contributed by atoms with Crippen LogP contribution in [0.3, 0.4) is 0 Å². The van der Waals surface area contributed by atoms with Crippen LogP contribution >= 0.6 is 11.3 Å². The van der Waals surface area contributed by atoms with E-state index in [9.17, 15) is 4.79 Å². The monoisotopic (exact) mass is 230 g/mol. The summed E-state index contributed by atoms with van der Waals surface area (Å²) in [6.45, 7) is 0.491. The quantitative estimate of drug-likeness (QED) is 0.647. The Bertz CT molecular complexity index is 520. The van der Waals surface area contributed by atoms with Crippen molar-refractivity contribution in [1.82, 2.24) is 10.3 Å². The number of amides is 1. The molecule has 3 nitrogen and oxygen atoms in total. The molecular formula is C12H10N2OS. The normalized spacial score (nSPS) is 9.94. The van der Waals surface area contributed by atoms with Crippen LogP contribution in [-0.4, -0.2) is 17.4 Å². The van der Waals surface area contributed by atoms with Crippen LogP contribution in [0.2, 0.25) is 0 Å². The maximum atomic E-state index is 11.7. The highest BCUT2D eigenvalue weighted by molar-refractivity contribution is 7.20. The molecule has 0 bridgehead atoms. The Kier molecular flexibility index (Phi) is 3.18. The predicted octanol–water partition coefficient (Wildman–Crippen LogP) is 2.05. The van der Waals surface area contributed by atoms with Crippen LogP contribution < -0.4 is 5.32 Å². The molecule has 0 saturated heterocycles. The van der Waals surface area contributed by atoms with Crippen molar-refractivity contribution in [2.45, 2.75) is 6.42 Å². The lowest BCUT2D eigenvalue weighted by atomic mass is 10.3. The van der Waals surface area contributed by atoms with Gasteiger partial charge in [-0.25, -0.2) is 4.98 Å². The highest BCUT2D eigenvalue weighted by atomic mass is 32.1. The Morgan fingerprint density at radius 3 is 3.06 bits per heavy atom. The Morgan fingerprint density at radius 2 is 2.31 bits per heavy atom. The number of benzene rings is 1. The number of para-hydroxylation sites is 1. The number of thiazole rings is 1. The lowest BCUT2D eigenvalue weighted by molar-refractivity contribution is 0.0954. The number of terminal acetylenes is 1. The summed E-state index contributed by atoms with van der Waals surface area (Å²) in [7, 11) is 0. The first-order valence-electron chi connectivity index (χ1n) is 4.88. The number of carbonyl (C=O) groups is 1. The minimum atomic E-state index is -0.156. The van der Waals surface area contributed by atoms with Crippen molar-refractivity contribution in [1.29, 1.82) is 0 Å². The number of hydrogen-bond donors (Lipinski definition) is 1. The van der Waals surface area contributed by atoms with Gasteiger partial charge in [-0.05, 0) is 12.1 Å². The van der Waals surface area contributed by atoms with E-state index in [0.29, 0.717) is 18.0 Å². The third kappa shape index (κ3) is 2.20. The molecule has 0 aliphatic heterocycles. The standard InChI is InChI=1S/C12H10N2OS/c1-2-3-8-13-11(15)12-14-9-6-4-5-7-10(9)16-12/h1,4-7H,3,8H2,(H,13,15). The van der Waals surface area contributed by atoms with E-state index >= 15 is 0 Å². The smallest absolute Gasteiger partial charge is 0.280 e. The number of nitrogens with zero attached hydrogens (tertiary/aromatic N) is 1. The summed E-state index contributed by atoms with van der Waals surface area (Å²) in [5, 5.41) is 3.21. The Labute approximate surface area is 97.5 Å². The van der Waals surface area contributed by atoms with Crippen molar-refractivity contribution in [2.24, 2.45) is 0 Å². The zero-order valence-electron chi connectivity index (χ0n) is 8.56. The Balaban J connectivity index is 2.14. The maximum Gasteiger partial charge on any atom is 0.280 e. The summed E-state index contributed by atoms with van der Waals surface area (Å²) in [5.41, 5.74) is 0.856. The van der Waals surface area contributed by atoms with Crippen LogP contribution in [0.4, 0.5) is 0 Å². The van der Waals surface area contributed by atoms with Crippen molar-refractivity contribution < 1.29 is 4.79 Å². The molecule has 0 saturated carbocycles. The lowest BCUT2D eigenvalue weighted by Gasteiger charge is -1.97. The van der Waals surface area contributed by atoms with Gasteiger partial charge in [0, 0.05) is 13.0 Å². The molecule has 1 aromatic carbocycles. The summed E-state index contributed by atoms with van der Waals surface area (Å²) in [6.07, 6.45) is 5.64. The molecule has 2 rings (SSSR count). The largest absolute Gasteiger partial charge is 0.349 e. The molecule has 0 radical (unpaired) electrons. The van der Waals surface area contributed by atoms with Crippen LogP contribution in [0.1, 0.15) is 16.2 Å². The van der Waals surface area contributed by atoms with E-state index in [1.165, 1.54) is 11.3 Å². The summed E-state index contributed by atoms with van der Waals surface area (Å²) in [5.74, 6) is 2.31. The minimum absolute atomic E-state index is 0.156. The Morgan fingerprint density at radius 1 is 1.50 bits per heavy atom. The Hall–Kier alpha value is -1.86. The molecule has 0 spiro atoms. The number of rotatable bonds is 3. The number of carbonyl (C=O) groups excluding carboxylic acids is 1. The molecular weight excluding hydrogens is 220 g/mol. The molecule has 16 heavy (non-hydrogen) atoms. The third-order valence-corrected chi connectivity index (χ3v) is 3.08. The fourth-order valence-corrected chi connectivity index (χ4v) is 2.18. The number of hydrogen-bond acceptors (Lipinski definition) is 3. The summed E-state index contributed by atoms with van der Waals surface area (Å²) in [4.78, 5) is 15.9. The average Bonchev–Trinajstić information content (AvgIpc) is 2.73. The zero-order valence-corrected chi connectivity index (χ0v) is 9.38. The van der Waals surface area contributed by atoms with Gasteiger partial charge in [-0.3, -0.25) is 4.79 Å². The van der Waals surface area contributed by atoms with Crippen LogP contribution in [0, 0.1) is 12.3 Å². The predicted molar refractivity (Wildman–Crippen MR) is 65.4 cm³/mol. The molecule has 0 aliphatic rings. The molecule has 2 aromatic rings. The SMILES string of the molecule is C#CCCNC(=O)c1nc2ccccc2s1. The molecule has 0 unspecified atom stereocenters. The molecule has 1 amide bonds. The van der Waals surface area contributed by atoms with Crippen LogP contribution in [0.25, 0.3) is 10.2 Å². The van der Waals surface area contributed by atoms with Gasteiger partial charge in [-0.1, -0.05) is 12.1 Å². The first kappa shape index (κ1) is 10.7. The molecule has 0 atom stereocenters. The average molecular weight is 230 g/mol. The van der Waals surface area contributed by atoms with Crippen molar-refractivity contribution in [3.63, 3.8) is 0 Å². The first-order valence-corrected chi connectivity index (χ1v) is 5.70. The maximum absolute atomic E-state index is 11.7. The van der Waals surface area contributed by atoms with Gasteiger partial charge in [0.25, 0.3) is 5.91 Å². The van der Waals surface area contributed by atoms with E-state index in [0.717, 1.165) is 10.2 Å². The van der Waals surface area contributed by atoms with Gasteiger partial charge in [0.2, 0.25) is 0 Å². The second kappa shape index (κ2) is 4.77. The van der Waals surface area contributed by atoms with Gasteiger partial charge in [0.05, 0.1) is 10.2 Å². The van der Waals surface area contributed by atoms with E-state index in [-0.39, 0.29) is 5.91 Å². The molecule has 0 fully saturated rings.